The molecule has 5 heteroatoms. The molecule has 3 nitrogen and oxygen atoms in total. The Bertz CT molecular complexity index is 673. The van der Waals surface area contributed by atoms with Crippen molar-refractivity contribution in [2.45, 2.75) is 20.4 Å². The molecule has 110 valence electrons. The molecule has 0 heterocycles. The van der Waals surface area contributed by atoms with Crippen molar-refractivity contribution in [1.82, 2.24) is 0 Å². The molecule has 0 aliphatic carbocycles. The number of amides is 1. The average molecular weight is 307 g/mol. The third-order valence-electron chi connectivity index (χ3n) is 3.04. The fourth-order valence-corrected chi connectivity index (χ4v) is 2.12. The van der Waals surface area contributed by atoms with E-state index < -0.39 is 0 Å². The lowest BCUT2D eigenvalue weighted by molar-refractivity contribution is -0.114. The van der Waals surface area contributed by atoms with E-state index in [-0.39, 0.29) is 11.7 Å². The first-order chi connectivity index (χ1) is 9.95. The normalized spacial score (nSPS) is 10.3. The lowest BCUT2D eigenvalue weighted by atomic mass is 10.1. The van der Waals surface area contributed by atoms with Crippen LogP contribution in [0.15, 0.2) is 36.4 Å². The number of benzene rings is 2. The van der Waals surface area contributed by atoms with Crippen LogP contribution in [0.25, 0.3) is 0 Å². The predicted octanol–water partition coefficient (Wildman–Crippen LogP) is 4.36. The van der Waals surface area contributed by atoms with Crippen molar-refractivity contribution >= 4 is 28.9 Å². The molecule has 0 aromatic heterocycles. The van der Waals surface area contributed by atoms with E-state index in [0.717, 1.165) is 16.9 Å². The van der Waals surface area contributed by atoms with Gasteiger partial charge in [0.15, 0.2) is 0 Å². The second kappa shape index (κ2) is 6.59. The van der Waals surface area contributed by atoms with Crippen molar-refractivity contribution in [3.63, 3.8) is 0 Å². The number of rotatable bonds is 4. The molecule has 0 saturated heterocycles. The van der Waals surface area contributed by atoms with E-state index in [4.69, 9.17) is 11.6 Å². The minimum absolute atomic E-state index is 0.109. The summed E-state index contributed by atoms with van der Waals surface area (Å²) in [7, 11) is 0. The zero-order valence-corrected chi connectivity index (χ0v) is 12.6. The van der Waals surface area contributed by atoms with Gasteiger partial charge in [0.1, 0.15) is 5.82 Å². The molecule has 21 heavy (non-hydrogen) atoms. The number of anilines is 2. The Morgan fingerprint density at radius 2 is 2.00 bits per heavy atom. The van der Waals surface area contributed by atoms with Gasteiger partial charge in [-0.1, -0.05) is 17.7 Å². The SMILES string of the molecule is CC(=O)Nc1ccc(NCc2ccc(Cl)cc2F)cc1C. The van der Waals surface area contributed by atoms with Crippen molar-refractivity contribution in [1.29, 1.82) is 0 Å². The Morgan fingerprint density at radius 1 is 1.24 bits per heavy atom. The number of hydrogen-bond acceptors (Lipinski definition) is 2. The number of carbonyl (C=O) groups excluding carboxylic acids is 1. The number of carbonyl (C=O) groups is 1. The van der Waals surface area contributed by atoms with Gasteiger partial charge in [-0.05, 0) is 42.8 Å². The summed E-state index contributed by atoms with van der Waals surface area (Å²) in [5.41, 5.74) is 3.11. The van der Waals surface area contributed by atoms with Crippen molar-refractivity contribution in [2.75, 3.05) is 10.6 Å². The van der Waals surface area contributed by atoms with Gasteiger partial charge in [-0.2, -0.15) is 0 Å². The van der Waals surface area contributed by atoms with Gasteiger partial charge in [-0.3, -0.25) is 4.79 Å². The highest BCUT2D eigenvalue weighted by atomic mass is 35.5. The summed E-state index contributed by atoms with van der Waals surface area (Å²) in [6.45, 7) is 3.73. The van der Waals surface area contributed by atoms with Gasteiger partial charge in [0.05, 0.1) is 0 Å². The monoisotopic (exact) mass is 306 g/mol. The molecule has 2 N–H and O–H groups in total. The fourth-order valence-electron chi connectivity index (χ4n) is 1.97. The molecule has 2 aromatic rings. The highest BCUT2D eigenvalue weighted by molar-refractivity contribution is 6.30. The maximum atomic E-state index is 13.7. The second-order valence-electron chi connectivity index (χ2n) is 4.80. The van der Waals surface area contributed by atoms with Crippen LogP contribution in [0.5, 0.6) is 0 Å². The zero-order chi connectivity index (χ0) is 15.4. The molecule has 0 spiro atoms. The molecule has 0 fully saturated rings. The van der Waals surface area contributed by atoms with Crippen LogP contribution in [0, 0.1) is 12.7 Å². The molecular weight excluding hydrogens is 291 g/mol. The van der Waals surface area contributed by atoms with Crippen molar-refractivity contribution in [3.8, 4) is 0 Å². The van der Waals surface area contributed by atoms with E-state index in [1.165, 1.54) is 13.0 Å². The van der Waals surface area contributed by atoms with Crippen LogP contribution in [-0.2, 0) is 11.3 Å². The molecule has 0 aliphatic heterocycles. The number of hydrogen-bond donors (Lipinski definition) is 2. The quantitative estimate of drug-likeness (QED) is 0.881. The van der Waals surface area contributed by atoms with Crippen molar-refractivity contribution in [2.24, 2.45) is 0 Å². The third kappa shape index (κ3) is 4.20. The van der Waals surface area contributed by atoms with Crippen LogP contribution in [-0.4, -0.2) is 5.91 Å². The minimum Gasteiger partial charge on any atom is -0.381 e. The van der Waals surface area contributed by atoms with Crippen LogP contribution in [0.2, 0.25) is 5.02 Å². The van der Waals surface area contributed by atoms with Gasteiger partial charge in [0.2, 0.25) is 5.91 Å². The van der Waals surface area contributed by atoms with Gasteiger partial charge in [0.25, 0.3) is 0 Å². The Hall–Kier alpha value is -2.07. The number of halogens is 2. The molecule has 0 atom stereocenters. The van der Waals surface area contributed by atoms with E-state index in [9.17, 15) is 9.18 Å². The predicted molar refractivity (Wildman–Crippen MR) is 84.2 cm³/mol. The molecule has 0 aliphatic rings. The Morgan fingerprint density at radius 3 is 2.62 bits per heavy atom. The Labute approximate surface area is 128 Å². The smallest absolute Gasteiger partial charge is 0.221 e. The summed E-state index contributed by atoms with van der Waals surface area (Å²) in [6.07, 6.45) is 0. The lowest BCUT2D eigenvalue weighted by Gasteiger charge is -2.11. The van der Waals surface area contributed by atoms with Gasteiger partial charge in [-0.25, -0.2) is 4.39 Å². The molecule has 0 bridgehead atoms. The minimum atomic E-state index is -0.332. The fraction of sp³-hybridized carbons (Fsp3) is 0.188. The maximum absolute atomic E-state index is 13.7. The molecule has 1 amide bonds. The highest BCUT2D eigenvalue weighted by Gasteiger charge is 2.05. The molecular formula is C16H16ClFN2O. The van der Waals surface area contributed by atoms with E-state index in [1.807, 2.05) is 25.1 Å². The third-order valence-corrected chi connectivity index (χ3v) is 3.27. The Kier molecular flexibility index (Phi) is 4.81. The standard InChI is InChI=1S/C16H16ClFN2O/c1-10-7-14(5-6-16(10)20-11(2)21)19-9-12-3-4-13(17)8-15(12)18/h3-8,19H,9H2,1-2H3,(H,20,21). The number of nitrogens with one attached hydrogen (secondary N) is 2. The first kappa shape index (κ1) is 15.3. The van der Waals surface area contributed by atoms with Crippen molar-refractivity contribution in [3.05, 3.63) is 58.4 Å². The topological polar surface area (TPSA) is 41.1 Å². The highest BCUT2D eigenvalue weighted by Crippen LogP contribution is 2.21. The van der Waals surface area contributed by atoms with Crippen LogP contribution in [0.4, 0.5) is 15.8 Å². The average Bonchev–Trinajstić information content (AvgIpc) is 2.40. The van der Waals surface area contributed by atoms with Gasteiger partial charge in [0, 0.05) is 35.4 Å². The summed E-state index contributed by atoms with van der Waals surface area (Å²) >= 11 is 5.72. The van der Waals surface area contributed by atoms with Gasteiger partial charge in [-0.15, -0.1) is 0 Å². The molecule has 0 radical (unpaired) electrons. The van der Waals surface area contributed by atoms with Crippen LogP contribution < -0.4 is 10.6 Å². The summed E-state index contributed by atoms with van der Waals surface area (Å²) in [4.78, 5) is 11.0. The van der Waals surface area contributed by atoms with Crippen LogP contribution >= 0.6 is 11.6 Å². The second-order valence-corrected chi connectivity index (χ2v) is 5.24. The summed E-state index contributed by atoms with van der Waals surface area (Å²) in [5.74, 6) is -0.441. The maximum Gasteiger partial charge on any atom is 0.221 e. The first-order valence-corrected chi connectivity index (χ1v) is 6.89. The largest absolute Gasteiger partial charge is 0.381 e. The van der Waals surface area contributed by atoms with Crippen LogP contribution in [0.3, 0.4) is 0 Å². The summed E-state index contributed by atoms with van der Waals surface area (Å²) in [5, 5.41) is 6.28. The van der Waals surface area contributed by atoms with Crippen molar-refractivity contribution < 1.29 is 9.18 Å². The molecule has 0 unspecified atom stereocenters. The lowest BCUT2D eigenvalue weighted by Crippen LogP contribution is -2.07. The Balaban J connectivity index is 2.06. The number of aryl methyl sites for hydroxylation is 1. The van der Waals surface area contributed by atoms with E-state index in [0.29, 0.717) is 17.1 Å². The summed E-state index contributed by atoms with van der Waals surface area (Å²) in [6, 6.07) is 10.2. The van der Waals surface area contributed by atoms with E-state index in [1.54, 1.807) is 12.1 Å². The van der Waals surface area contributed by atoms with E-state index in [2.05, 4.69) is 10.6 Å². The first-order valence-electron chi connectivity index (χ1n) is 6.52. The van der Waals surface area contributed by atoms with Gasteiger partial charge >= 0.3 is 0 Å². The zero-order valence-electron chi connectivity index (χ0n) is 11.8. The van der Waals surface area contributed by atoms with Gasteiger partial charge < -0.3 is 10.6 Å². The molecule has 0 saturated carbocycles. The van der Waals surface area contributed by atoms with Crippen LogP contribution in [0.1, 0.15) is 18.1 Å². The molecule has 2 rings (SSSR count). The van der Waals surface area contributed by atoms with E-state index >= 15 is 0 Å². The molecule has 2 aromatic carbocycles. The summed E-state index contributed by atoms with van der Waals surface area (Å²) < 4.78 is 13.7.